The van der Waals surface area contributed by atoms with Gasteiger partial charge in [0.2, 0.25) is 0 Å². The van der Waals surface area contributed by atoms with E-state index in [1.165, 1.54) is 6.42 Å². The highest BCUT2D eigenvalue weighted by Gasteiger charge is 2.58. The highest BCUT2D eigenvalue weighted by atomic mass is 127. The average molecular weight is 473 g/mol. The molecule has 144 valence electrons. The van der Waals surface area contributed by atoms with E-state index in [-0.39, 0.29) is 35.4 Å². The largest absolute Gasteiger partial charge is 0.490 e. The minimum Gasteiger partial charge on any atom is -0.490 e. The topological polar surface area (TPSA) is 78.1 Å². The third kappa shape index (κ3) is 3.60. The molecule has 3 unspecified atom stereocenters. The molecule has 0 spiro atoms. The SMILES string of the molecule is CC1(C)C(N=C(N)Nc2ccc3c(c2)OCCCO3)C2CCCOC21.I. The maximum Gasteiger partial charge on any atom is 0.193 e. The highest BCUT2D eigenvalue weighted by Crippen LogP contribution is 2.53. The molecular formula is C19H28IN3O3. The molecule has 6 nitrogen and oxygen atoms in total. The van der Waals surface area contributed by atoms with Gasteiger partial charge in [-0.25, -0.2) is 4.99 Å². The standard InChI is InChI=1S/C19H27N3O3.HI/c1-19(2)16(13-5-3-8-25-17(13)19)22-18(20)21-12-6-7-14-15(11-12)24-10-4-9-23-14;/h6-7,11,13,16-17H,3-5,8-10H2,1-2H3,(H3,20,21,22);1H. The molecule has 1 saturated heterocycles. The van der Waals surface area contributed by atoms with Gasteiger partial charge in [0.1, 0.15) is 0 Å². The van der Waals surface area contributed by atoms with Gasteiger partial charge < -0.3 is 25.3 Å². The van der Waals surface area contributed by atoms with Crippen LogP contribution in [0.1, 0.15) is 33.1 Å². The van der Waals surface area contributed by atoms with Crippen LogP contribution < -0.4 is 20.5 Å². The summed E-state index contributed by atoms with van der Waals surface area (Å²) in [4.78, 5) is 4.78. The number of ether oxygens (including phenoxy) is 3. The summed E-state index contributed by atoms with van der Waals surface area (Å²) in [6.45, 7) is 6.65. The Morgan fingerprint density at radius 2 is 1.92 bits per heavy atom. The zero-order chi connectivity index (χ0) is 17.4. The van der Waals surface area contributed by atoms with E-state index in [0.29, 0.717) is 31.2 Å². The molecule has 1 saturated carbocycles. The Labute approximate surface area is 171 Å². The van der Waals surface area contributed by atoms with Crippen molar-refractivity contribution >= 4 is 35.6 Å². The molecule has 0 amide bonds. The van der Waals surface area contributed by atoms with Crippen LogP contribution in [0.15, 0.2) is 23.2 Å². The molecule has 2 fully saturated rings. The number of nitrogens with one attached hydrogen (secondary N) is 1. The number of anilines is 1. The Kier molecular flexibility index (Phi) is 5.86. The molecule has 2 heterocycles. The predicted molar refractivity (Wildman–Crippen MR) is 113 cm³/mol. The average Bonchev–Trinajstić information content (AvgIpc) is 2.84. The summed E-state index contributed by atoms with van der Waals surface area (Å²) in [5, 5.41) is 3.20. The van der Waals surface area contributed by atoms with Crippen molar-refractivity contribution in [3.63, 3.8) is 0 Å². The number of guanidine groups is 1. The number of hydrogen-bond donors (Lipinski definition) is 2. The van der Waals surface area contributed by atoms with Crippen LogP contribution in [-0.4, -0.2) is 37.9 Å². The molecule has 1 aromatic carbocycles. The Morgan fingerprint density at radius 3 is 2.73 bits per heavy atom. The van der Waals surface area contributed by atoms with Gasteiger partial charge in [-0.2, -0.15) is 0 Å². The maximum atomic E-state index is 6.19. The molecular weight excluding hydrogens is 445 g/mol. The van der Waals surface area contributed by atoms with E-state index in [2.05, 4.69) is 19.2 Å². The van der Waals surface area contributed by atoms with Crippen LogP contribution in [0.5, 0.6) is 11.5 Å². The van der Waals surface area contributed by atoms with Crippen LogP contribution in [-0.2, 0) is 4.74 Å². The second kappa shape index (κ2) is 7.80. The van der Waals surface area contributed by atoms with Gasteiger partial charge in [0.15, 0.2) is 17.5 Å². The molecule has 1 aromatic rings. The molecule has 7 heteroatoms. The van der Waals surface area contributed by atoms with Gasteiger partial charge in [-0.05, 0) is 25.0 Å². The maximum absolute atomic E-state index is 6.19. The number of fused-ring (bicyclic) bond motifs is 2. The van der Waals surface area contributed by atoms with Gasteiger partial charge in [0.05, 0.1) is 25.4 Å². The lowest BCUT2D eigenvalue weighted by Crippen LogP contribution is -2.64. The van der Waals surface area contributed by atoms with Crippen molar-refractivity contribution in [3.8, 4) is 11.5 Å². The summed E-state index contributed by atoms with van der Waals surface area (Å²) in [5.74, 6) is 2.45. The first-order chi connectivity index (χ1) is 12.1. The van der Waals surface area contributed by atoms with E-state index < -0.39 is 0 Å². The van der Waals surface area contributed by atoms with E-state index >= 15 is 0 Å². The number of hydrogen-bond acceptors (Lipinski definition) is 4. The summed E-state index contributed by atoms with van der Waals surface area (Å²) in [5.41, 5.74) is 7.08. The zero-order valence-corrected chi connectivity index (χ0v) is 17.7. The van der Waals surface area contributed by atoms with E-state index in [0.717, 1.165) is 36.6 Å². The third-order valence-electron chi connectivity index (χ3n) is 5.57. The molecule has 3 atom stereocenters. The lowest BCUT2D eigenvalue weighted by Gasteiger charge is -2.58. The van der Waals surface area contributed by atoms with Crippen LogP contribution in [0, 0.1) is 11.3 Å². The Balaban J connectivity index is 0.00000196. The first-order valence-corrected chi connectivity index (χ1v) is 9.17. The van der Waals surface area contributed by atoms with Crippen molar-refractivity contribution < 1.29 is 14.2 Å². The Hall–Kier alpha value is -1.22. The molecule has 0 radical (unpaired) electrons. The van der Waals surface area contributed by atoms with Crippen molar-refractivity contribution in [2.45, 2.75) is 45.3 Å². The van der Waals surface area contributed by atoms with Crippen molar-refractivity contribution in [2.24, 2.45) is 22.1 Å². The minimum atomic E-state index is 0. The predicted octanol–water partition coefficient (Wildman–Crippen LogP) is 3.40. The molecule has 4 rings (SSSR count). The number of nitrogens with zero attached hydrogens (tertiary/aromatic N) is 1. The Bertz CT molecular complexity index is 680. The summed E-state index contributed by atoms with van der Waals surface area (Å²) in [6.07, 6.45) is 3.47. The third-order valence-corrected chi connectivity index (χ3v) is 5.57. The van der Waals surface area contributed by atoms with Gasteiger partial charge in [-0.1, -0.05) is 13.8 Å². The monoisotopic (exact) mass is 473 g/mol. The molecule has 1 aliphatic carbocycles. The fraction of sp³-hybridized carbons (Fsp3) is 0.632. The highest BCUT2D eigenvalue weighted by molar-refractivity contribution is 14.0. The number of aliphatic imine (C=N–C) groups is 1. The van der Waals surface area contributed by atoms with Crippen molar-refractivity contribution in [3.05, 3.63) is 18.2 Å². The Morgan fingerprint density at radius 1 is 1.15 bits per heavy atom. The summed E-state index contributed by atoms with van der Waals surface area (Å²) < 4.78 is 17.3. The van der Waals surface area contributed by atoms with Crippen LogP contribution in [0.4, 0.5) is 5.69 Å². The molecule has 26 heavy (non-hydrogen) atoms. The van der Waals surface area contributed by atoms with Gasteiger partial charge in [-0.3, -0.25) is 0 Å². The van der Waals surface area contributed by atoms with Crippen molar-refractivity contribution in [1.29, 1.82) is 0 Å². The smallest absolute Gasteiger partial charge is 0.193 e. The quantitative estimate of drug-likeness (QED) is 0.391. The summed E-state index contributed by atoms with van der Waals surface area (Å²) in [6, 6.07) is 5.97. The second-order valence-corrected chi connectivity index (χ2v) is 7.72. The van der Waals surface area contributed by atoms with Gasteiger partial charge in [0, 0.05) is 36.1 Å². The number of rotatable bonds is 2. The van der Waals surface area contributed by atoms with Crippen molar-refractivity contribution in [2.75, 3.05) is 25.1 Å². The summed E-state index contributed by atoms with van der Waals surface area (Å²) in [7, 11) is 0. The fourth-order valence-electron chi connectivity index (χ4n) is 4.33. The number of nitrogens with two attached hydrogens (primary N) is 1. The van der Waals surface area contributed by atoms with E-state index in [4.69, 9.17) is 24.9 Å². The van der Waals surface area contributed by atoms with Gasteiger partial charge in [-0.15, -0.1) is 24.0 Å². The fourth-order valence-corrected chi connectivity index (χ4v) is 4.33. The van der Waals surface area contributed by atoms with Crippen LogP contribution >= 0.6 is 24.0 Å². The van der Waals surface area contributed by atoms with Gasteiger partial charge >= 0.3 is 0 Å². The molecule has 3 N–H and O–H groups in total. The molecule has 0 bridgehead atoms. The van der Waals surface area contributed by atoms with E-state index in [9.17, 15) is 0 Å². The number of benzene rings is 1. The minimum absolute atomic E-state index is 0. The van der Waals surface area contributed by atoms with Crippen LogP contribution in [0.2, 0.25) is 0 Å². The van der Waals surface area contributed by atoms with Crippen LogP contribution in [0.25, 0.3) is 0 Å². The first kappa shape index (κ1) is 19.5. The molecule has 3 aliphatic rings. The second-order valence-electron chi connectivity index (χ2n) is 7.72. The number of halogens is 1. The van der Waals surface area contributed by atoms with E-state index in [1.807, 2.05) is 18.2 Å². The normalized spacial score (nSPS) is 29.5. The first-order valence-electron chi connectivity index (χ1n) is 9.17. The zero-order valence-electron chi connectivity index (χ0n) is 15.4. The lowest BCUT2D eigenvalue weighted by atomic mass is 9.55. The summed E-state index contributed by atoms with van der Waals surface area (Å²) >= 11 is 0. The lowest BCUT2D eigenvalue weighted by molar-refractivity contribution is -0.182. The molecule has 2 aliphatic heterocycles. The van der Waals surface area contributed by atoms with Gasteiger partial charge in [0.25, 0.3) is 0 Å². The van der Waals surface area contributed by atoms with Crippen molar-refractivity contribution in [1.82, 2.24) is 0 Å². The van der Waals surface area contributed by atoms with E-state index in [1.54, 1.807) is 0 Å². The molecule has 0 aromatic heterocycles. The van der Waals surface area contributed by atoms with Crippen LogP contribution in [0.3, 0.4) is 0 Å².